The Morgan fingerprint density at radius 1 is 1.20 bits per heavy atom. The fourth-order valence-electron chi connectivity index (χ4n) is 1.08. The van der Waals surface area contributed by atoms with Crippen LogP contribution in [0.25, 0.3) is 0 Å². The number of carbonyl (C=O) groups is 2. The number of carboxylic acid groups (broad SMARTS) is 1. The largest absolute Gasteiger partial charge is 0.481 e. The Kier molecular flexibility index (Phi) is 8.16. The number of carboxylic acids is 1. The summed E-state index contributed by atoms with van der Waals surface area (Å²) in [6.45, 7) is 0.600. The van der Waals surface area contributed by atoms with Crippen LogP contribution < -0.4 is 5.32 Å². The van der Waals surface area contributed by atoms with Crippen molar-refractivity contribution in [1.82, 2.24) is 5.32 Å². The molecule has 0 aromatic carbocycles. The van der Waals surface area contributed by atoms with E-state index in [0.717, 1.165) is 12.8 Å². The van der Waals surface area contributed by atoms with E-state index in [9.17, 15) is 9.59 Å². The third kappa shape index (κ3) is 10.4. The van der Waals surface area contributed by atoms with E-state index in [1.54, 1.807) is 0 Å². The summed E-state index contributed by atoms with van der Waals surface area (Å²) >= 11 is 0. The van der Waals surface area contributed by atoms with Crippen molar-refractivity contribution in [3.05, 3.63) is 0 Å². The molecular formula is C11H17NO3. The normalized spacial score (nSPS) is 9.27. The minimum absolute atomic E-state index is 0.0359. The average molecular weight is 211 g/mol. The summed E-state index contributed by atoms with van der Waals surface area (Å²) in [5.74, 6) is 1.59. The minimum Gasteiger partial charge on any atom is -0.481 e. The van der Waals surface area contributed by atoms with E-state index in [2.05, 4.69) is 11.2 Å². The second-order valence-electron chi connectivity index (χ2n) is 3.26. The SMILES string of the molecule is C#CCCC(=O)NCCCCCC(=O)O. The summed E-state index contributed by atoms with van der Waals surface area (Å²) in [7, 11) is 0. The van der Waals surface area contributed by atoms with Crippen LogP contribution in [0, 0.1) is 12.3 Å². The first kappa shape index (κ1) is 13.5. The zero-order valence-electron chi connectivity index (χ0n) is 8.79. The highest BCUT2D eigenvalue weighted by Crippen LogP contribution is 1.98. The molecule has 0 unspecified atom stereocenters. The first-order chi connectivity index (χ1) is 7.16. The van der Waals surface area contributed by atoms with Crippen LogP contribution >= 0.6 is 0 Å². The van der Waals surface area contributed by atoms with E-state index in [0.29, 0.717) is 25.8 Å². The molecule has 0 saturated carbocycles. The van der Waals surface area contributed by atoms with Gasteiger partial charge in [-0.15, -0.1) is 12.3 Å². The van der Waals surface area contributed by atoms with Crippen molar-refractivity contribution in [3.8, 4) is 12.3 Å². The van der Waals surface area contributed by atoms with Gasteiger partial charge in [-0.3, -0.25) is 9.59 Å². The fourth-order valence-corrected chi connectivity index (χ4v) is 1.08. The quantitative estimate of drug-likeness (QED) is 0.467. The maximum absolute atomic E-state index is 11.0. The van der Waals surface area contributed by atoms with Gasteiger partial charge >= 0.3 is 5.97 Å². The van der Waals surface area contributed by atoms with Crippen molar-refractivity contribution in [2.75, 3.05) is 6.54 Å². The standard InChI is InChI=1S/C11H17NO3/c1-2-3-7-10(13)12-9-6-4-5-8-11(14)15/h1H,3-9H2,(H,12,13)(H,14,15). The van der Waals surface area contributed by atoms with Gasteiger partial charge in [0.1, 0.15) is 0 Å². The Morgan fingerprint density at radius 2 is 1.93 bits per heavy atom. The minimum atomic E-state index is -0.770. The highest BCUT2D eigenvalue weighted by Gasteiger charge is 1.99. The molecule has 0 spiro atoms. The van der Waals surface area contributed by atoms with E-state index < -0.39 is 5.97 Å². The highest BCUT2D eigenvalue weighted by molar-refractivity contribution is 5.76. The Morgan fingerprint density at radius 3 is 2.53 bits per heavy atom. The van der Waals surface area contributed by atoms with E-state index in [1.165, 1.54) is 0 Å². The zero-order chi connectivity index (χ0) is 11.5. The lowest BCUT2D eigenvalue weighted by Crippen LogP contribution is -2.23. The number of unbranched alkanes of at least 4 members (excludes halogenated alkanes) is 2. The van der Waals surface area contributed by atoms with Gasteiger partial charge in [0.05, 0.1) is 0 Å². The van der Waals surface area contributed by atoms with Crippen LogP contribution in [0.1, 0.15) is 38.5 Å². The Labute approximate surface area is 90.1 Å². The van der Waals surface area contributed by atoms with Crippen LogP contribution in [0.3, 0.4) is 0 Å². The average Bonchev–Trinajstić information content (AvgIpc) is 2.19. The van der Waals surface area contributed by atoms with Crippen molar-refractivity contribution >= 4 is 11.9 Å². The number of hydrogen-bond donors (Lipinski definition) is 2. The molecule has 0 aliphatic heterocycles. The van der Waals surface area contributed by atoms with Gasteiger partial charge in [-0.1, -0.05) is 6.42 Å². The van der Waals surface area contributed by atoms with Crippen LogP contribution in [0.4, 0.5) is 0 Å². The molecule has 0 rings (SSSR count). The maximum Gasteiger partial charge on any atom is 0.303 e. The number of amides is 1. The third-order valence-electron chi connectivity index (χ3n) is 1.89. The molecule has 0 aliphatic rings. The van der Waals surface area contributed by atoms with E-state index >= 15 is 0 Å². The highest BCUT2D eigenvalue weighted by atomic mass is 16.4. The van der Waals surface area contributed by atoms with E-state index in [4.69, 9.17) is 11.5 Å². The topological polar surface area (TPSA) is 66.4 Å². The first-order valence-electron chi connectivity index (χ1n) is 5.08. The Balaban J connectivity index is 3.20. The summed E-state index contributed by atoms with van der Waals surface area (Å²) in [6, 6.07) is 0. The second-order valence-corrected chi connectivity index (χ2v) is 3.26. The predicted octanol–water partition coefficient (Wildman–Crippen LogP) is 1.16. The number of carbonyl (C=O) groups excluding carboxylic acids is 1. The molecule has 0 bridgehead atoms. The molecule has 2 N–H and O–H groups in total. The predicted molar refractivity (Wildman–Crippen MR) is 57.2 cm³/mol. The number of nitrogens with one attached hydrogen (secondary N) is 1. The van der Waals surface area contributed by atoms with Gasteiger partial charge in [0.2, 0.25) is 5.91 Å². The van der Waals surface area contributed by atoms with Crippen LogP contribution in [-0.2, 0) is 9.59 Å². The molecule has 0 radical (unpaired) electrons. The van der Waals surface area contributed by atoms with Crippen LogP contribution in [-0.4, -0.2) is 23.5 Å². The molecular weight excluding hydrogens is 194 g/mol. The lowest BCUT2D eigenvalue weighted by atomic mass is 10.2. The van der Waals surface area contributed by atoms with Crippen molar-refractivity contribution < 1.29 is 14.7 Å². The summed E-state index contributed by atoms with van der Waals surface area (Å²) in [5, 5.41) is 11.1. The molecule has 0 saturated heterocycles. The Hall–Kier alpha value is -1.50. The first-order valence-corrected chi connectivity index (χ1v) is 5.08. The third-order valence-corrected chi connectivity index (χ3v) is 1.89. The van der Waals surface area contributed by atoms with E-state index in [-0.39, 0.29) is 12.3 Å². The molecule has 0 fully saturated rings. The molecule has 0 aromatic rings. The summed E-state index contributed by atoms with van der Waals surface area (Å²) in [4.78, 5) is 21.2. The van der Waals surface area contributed by atoms with Gasteiger partial charge in [-0.05, 0) is 12.8 Å². The van der Waals surface area contributed by atoms with Gasteiger partial charge in [0, 0.05) is 25.8 Å². The maximum atomic E-state index is 11.0. The van der Waals surface area contributed by atoms with Gasteiger partial charge in [0.25, 0.3) is 0 Å². The van der Waals surface area contributed by atoms with Gasteiger partial charge < -0.3 is 10.4 Å². The molecule has 84 valence electrons. The van der Waals surface area contributed by atoms with Crippen LogP contribution in [0.5, 0.6) is 0 Å². The van der Waals surface area contributed by atoms with Crippen LogP contribution in [0.15, 0.2) is 0 Å². The lowest BCUT2D eigenvalue weighted by Gasteiger charge is -2.02. The molecule has 4 heteroatoms. The number of rotatable bonds is 8. The second kappa shape index (κ2) is 9.07. The molecule has 4 nitrogen and oxygen atoms in total. The molecule has 0 atom stereocenters. The molecule has 1 amide bonds. The Bertz CT molecular complexity index is 243. The monoisotopic (exact) mass is 211 g/mol. The fraction of sp³-hybridized carbons (Fsp3) is 0.636. The summed E-state index contributed by atoms with van der Waals surface area (Å²) < 4.78 is 0. The van der Waals surface area contributed by atoms with Gasteiger partial charge in [0.15, 0.2) is 0 Å². The number of terminal acetylenes is 1. The smallest absolute Gasteiger partial charge is 0.303 e. The summed E-state index contributed by atoms with van der Waals surface area (Å²) in [5.41, 5.74) is 0. The zero-order valence-corrected chi connectivity index (χ0v) is 8.79. The van der Waals surface area contributed by atoms with Crippen molar-refractivity contribution in [2.45, 2.75) is 38.5 Å². The molecule has 0 heterocycles. The van der Waals surface area contributed by atoms with Gasteiger partial charge in [-0.25, -0.2) is 0 Å². The summed E-state index contributed by atoms with van der Waals surface area (Å²) in [6.07, 6.45) is 8.34. The van der Waals surface area contributed by atoms with Crippen molar-refractivity contribution in [1.29, 1.82) is 0 Å². The molecule has 0 aliphatic carbocycles. The van der Waals surface area contributed by atoms with Crippen molar-refractivity contribution in [3.63, 3.8) is 0 Å². The van der Waals surface area contributed by atoms with E-state index in [1.807, 2.05) is 0 Å². The van der Waals surface area contributed by atoms with Crippen molar-refractivity contribution in [2.24, 2.45) is 0 Å². The lowest BCUT2D eigenvalue weighted by molar-refractivity contribution is -0.137. The molecule has 0 aromatic heterocycles. The number of aliphatic carboxylic acids is 1. The molecule has 15 heavy (non-hydrogen) atoms. The van der Waals surface area contributed by atoms with Gasteiger partial charge in [-0.2, -0.15) is 0 Å². The number of hydrogen-bond acceptors (Lipinski definition) is 2. The van der Waals surface area contributed by atoms with Crippen LogP contribution in [0.2, 0.25) is 0 Å².